The number of sulfonamides is 1. The van der Waals surface area contributed by atoms with Gasteiger partial charge >= 0.3 is 0 Å². The zero-order valence-electron chi connectivity index (χ0n) is 14.6. The summed E-state index contributed by atoms with van der Waals surface area (Å²) >= 11 is 11.9. The number of fused-ring (bicyclic) bond motifs is 1. The minimum atomic E-state index is -3.95. The highest BCUT2D eigenvalue weighted by molar-refractivity contribution is 7.92. The first-order valence-electron chi connectivity index (χ1n) is 8.27. The normalized spacial score (nSPS) is 11.7. The molecule has 0 bridgehead atoms. The van der Waals surface area contributed by atoms with Gasteiger partial charge in [0.1, 0.15) is 10.4 Å². The van der Waals surface area contributed by atoms with Crippen LogP contribution in [0.15, 0.2) is 59.5 Å². The fourth-order valence-corrected chi connectivity index (χ4v) is 4.74. The molecule has 0 radical (unpaired) electrons. The summed E-state index contributed by atoms with van der Waals surface area (Å²) in [7, 11) is -3.95. The Labute approximate surface area is 175 Å². The molecule has 4 aromatic rings. The standard InChI is InChI=1S/C19H13Cl2FN4O2S/c20-14-2-1-3-15(16(14)21)29(27,28)26-11-6-4-10(5-7-11)12-8-9-13-18(17(12)22)24-25-19(13)23/h1-9,26H,(H3,23,24,25). The maximum atomic E-state index is 14.8. The zero-order chi connectivity index (χ0) is 20.8. The molecular formula is C19H13Cl2FN4O2S. The molecule has 0 spiro atoms. The van der Waals surface area contributed by atoms with E-state index in [2.05, 4.69) is 14.9 Å². The molecule has 10 heteroatoms. The molecule has 0 saturated heterocycles. The molecule has 0 aliphatic heterocycles. The lowest BCUT2D eigenvalue weighted by Crippen LogP contribution is -2.13. The number of aromatic nitrogens is 2. The van der Waals surface area contributed by atoms with Gasteiger partial charge in [0, 0.05) is 16.6 Å². The summed E-state index contributed by atoms with van der Waals surface area (Å²) in [5.41, 5.74) is 7.07. The van der Waals surface area contributed by atoms with Crippen molar-refractivity contribution in [1.29, 1.82) is 0 Å². The molecule has 29 heavy (non-hydrogen) atoms. The molecule has 0 aliphatic carbocycles. The average molecular weight is 451 g/mol. The van der Waals surface area contributed by atoms with Crippen LogP contribution in [0.2, 0.25) is 10.0 Å². The summed E-state index contributed by atoms with van der Waals surface area (Å²) in [5.74, 6) is -0.277. The molecule has 4 N–H and O–H groups in total. The number of benzene rings is 3. The van der Waals surface area contributed by atoms with Gasteiger partial charge in [0.2, 0.25) is 0 Å². The van der Waals surface area contributed by atoms with E-state index in [1.807, 2.05) is 0 Å². The Hall–Kier alpha value is -2.81. The zero-order valence-corrected chi connectivity index (χ0v) is 16.9. The third kappa shape index (κ3) is 3.50. The van der Waals surface area contributed by atoms with Crippen LogP contribution in [0.3, 0.4) is 0 Å². The smallest absolute Gasteiger partial charge is 0.263 e. The van der Waals surface area contributed by atoms with Gasteiger partial charge < -0.3 is 5.73 Å². The van der Waals surface area contributed by atoms with Crippen LogP contribution in [0.4, 0.5) is 15.9 Å². The Morgan fingerprint density at radius 2 is 1.76 bits per heavy atom. The van der Waals surface area contributed by atoms with Crippen LogP contribution in [-0.2, 0) is 10.0 Å². The molecule has 1 aromatic heterocycles. The number of nitrogen functional groups attached to an aromatic ring is 1. The number of hydrogen-bond donors (Lipinski definition) is 3. The monoisotopic (exact) mass is 450 g/mol. The Morgan fingerprint density at radius 3 is 2.48 bits per heavy atom. The van der Waals surface area contributed by atoms with Crippen molar-refractivity contribution < 1.29 is 12.8 Å². The maximum Gasteiger partial charge on any atom is 0.263 e. The second kappa shape index (κ2) is 7.22. The highest BCUT2D eigenvalue weighted by atomic mass is 35.5. The van der Waals surface area contributed by atoms with E-state index >= 15 is 0 Å². The van der Waals surface area contributed by atoms with Crippen LogP contribution in [0.5, 0.6) is 0 Å². The summed E-state index contributed by atoms with van der Waals surface area (Å²) in [4.78, 5) is -0.135. The summed E-state index contributed by atoms with van der Waals surface area (Å²) in [6, 6.07) is 13.9. The van der Waals surface area contributed by atoms with Gasteiger partial charge in [0.05, 0.1) is 10.0 Å². The Bertz CT molecular complexity index is 1340. The van der Waals surface area contributed by atoms with Crippen molar-refractivity contribution in [2.45, 2.75) is 4.90 Å². The van der Waals surface area contributed by atoms with Crippen LogP contribution in [-0.4, -0.2) is 18.6 Å². The predicted molar refractivity (Wildman–Crippen MR) is 113 cm³/mol. The summed E-state index contributed by atoms with van der Waals surface area (Å²) in [6.07, 6.45) is 0. The highest BCUT2D eigenvalue weighted by Crippen LogP contribution is 2.32. The van der Waals surface area contributed by atoms with Crippen molar-refractivity contribution in [3.8, 4) is 11.1 Å². The molecule has 4 rings (SSSR count). The summed E-state index contributed by atoms with van der Waals surface area (Å²) in [5, 5.41) is 6.94. The number of aromatic amines is 1. The van der Waals surface area contributed by atoms with Gasteiger partial charge in [0.15, 0.2) is 11.6 Å². The Kier molecular flexibility index (Phi) is 4.85. The number of anilines is 2. The van der Waals surface area contributed by atoms with Gasteiger partial charge in [-0.15, -0.1) is 0 Å². The first kappa shape index (κ1) is 19.5. The van der Waals surface area contributed by atoms with Crippen LogP contribution in [0.25, 0.3) is 22.0 Å². The number of halogens is 3. The topological polar surface area (TPSA) is 101 Å². The molecule has 0 saturated carbocycles. The predicted octanol–water partition coefficient (Wildman–Crippen LogP) is 5.06. The molecule has 3 aromatic carbocycles. The van der Waals surface area contributed by atoms with Gasteiger partial charge in [-0.1, -0.05) is 47.5 Å². The molecule has 1 heterocycles. The maximum absolute atomic E-state index is 14.8. The molecule has 148 valence electrons. The first-order valence-corrected chi connectivity index (χ1v) is 10.5. The van der Waals surface area contributed by atoms with Gasteiger partial charge in [-0.2, -0.15) is 5.10 Å². The van der Waals surface area contributed by atoms with Gasteiger partial charge in [-0.25, -0.2) is 12.8 Å². The van der Waals surface area contributed by atoms with Crippen LogP contribution < -0.4 is 10.5 Å². The van der Waals surface area contributed by atoms with Crippen molar-refractivity contribution in [1.82, 2.24) is 10.2 Å². The van der Waals surface area contributed by atoms with Crippen LogP contribution in [0, 0.1) is 5.82 Å². The van der Waals surface area contributed by atoms with Crippen LogP contribution >= 0.6 is 23.2 Å². The second-order valence-corrected chi connectivity index (χ2v) is 8.63. The molecule has 0 fully saturated rings. The average Bonchev–Trinajstić information content (AvgIpc) is 3.06. The lowest BCUT2D eigenvalue weighted by atomic mass is 10.0. The number of nitrogens with zero attached hydrogens (tertiary/aromatic N) is 1. The van der Waals surface area contributed by atoms with E-state index in [9.17, 15) is 12.8 Å². The van der Waals surface area contributed by atoms with E-state index in [0.29, 0.717) is 16.5 Å². The molecule has 0 amide bonds. The van der Waals surface area contributed by atoms with E-state index in [0.717, 1.165) is 0 Å². The van der Waals surface area contributed by atoms with E-state index in [4.69, 9.17) is 28.9 Å². The lowest BCUT2D eigenvalue weighted by Gasteiger charge is -2.11. The largest absolute Gasteiger partial charge is 0.382 e. The Morgan fingerprint density at radius 1 is 1.03 bits per heavy atom. The summed E-state index contributed by atoms with van der Waals surface area (Å²) in [6.45, 7) is 0. The lowest BCUT2D eigenvalue weighted by molar-refractivity contribution is 0.601. The second-order valence-electron chi connectivity index (χ2n) is 6.19. The Balaban J connectivity index is 1.65. The molecule has 6 nitrogen and oxygen atoms in total. The number of nitrogens with two attached hydrogens (primary N) is 1. The SMILES string of the molecule is Nc1n[nH]c2c(F)c(-c3ccc(NS(=O)(=O)c4cccc(Cl)c4Cl)cc3)ccc12. The van der Waals surface area contributed by atoms with Gasteiger partial charge in [0.25, 0.3) is 10.0 Å². The highest BCUT2D eigenvalue weighted by Gasteiger charge is 2.20. The van der Waals surface area contributed by atoms with Crippen molar-refractivity contribution in [2.75, 3.05) is 10.5 Å². The number of nitrogens with one attached hydrogen (secondary N) is 2. The van der Waals surface area contributed by atoms with Gasteiger partial charge in [-0.05, 0) is 35.9 Å². The fourth-order valence-electron chi connectivity index (χ4n) is 2.92. The van der Waals surface area contributed by atoms with E-state index in [1.165, 1.54) is 30.3 Å². The van der Waals surface area contributed by atoms with Crippen molar-refractivity contribution in [3.05, 3.63) is 70.5 Å². The molecular weight excluding hydrogens is 438 g/mol. The van der Waals surface area contributed by atoms with E-state index in [-0.39, 0.29) is 32.0 Å². The minimum absolute atomic E-state index is 0.0625. The van der Waals surface area contributed by atoms with E-state index in [1.54, 1.807) is 24.3 Å². The number of rotatable bonds is 4. The quantitative estimate of drug-likeness (QED) is 0.404. The minimum Gasteiger partial charge on any atom is -0.382 e. The first-order chi connectivity index (χ1) is 13.8. The van der Waals surface area contributed by atoms with E-state index < -0.39 is 15.8 Å². The number of H-pyrrole nitrogens is 1. The number of hydrogen-bond acceptors (Lipinski definition) is 4. The third-order valence-corrected chi connectivity index (χ3v) is 6.71. The summed E-state index contributed by atoms with van der Waals surface area (Å²) < 4.78 is 42.4. The van der Waals surface area contributed by atoms with Crippen LogP contribution in [0.1, 0.15) is 0 Å². The third-order valence-electron chi connectivity index (χ3n) is 4.36. The molecule has 0 unspecified atom stereocenters. The van der Waals surface area contributed by atoms with Crippen molar-refractivity contribution >= 4 is 55.6 Å². The van der Waals surface area contributed by atoms with Crippen molar-refractivity contribution in [3.63, 3.8) is 0 Å². The molecule has 0 atom stereocenters. The van der Waals surface area contributed by atoms with Crippen molar-refractivity contribution in [2.24, 2.45) is 0 Å². The van der Waals surface area contributed by atoms with Gasteiger partial charge in [-0.3, -0.25) is 9.82 Å². The molecule has 0 aliphatic rings. The fraction of sp³-hybridized carbons (Fsp3) is 0.